The van der Waals surface area contributed by atoms with Gasteiger partial charge in [-0.05, 0) is 55.7 Å². The minimum Gasteiger partial charge on any atom is -0.462 e. The molecule has 5 rings (SSSR count). The molecule has 4 aliphatic heterocycles. The van der Waals surface area contributed by atoms with Gasteiger partial charge in [0, 0.05) is 25.2 Å². The van der Waals surface area contributed by atoms with Crippen molar-refractivity contribution in [3.05, 3.63) is 47.1 Å². The van der Waals surface area contributed by atoms with Crippen molar-refractivity contribution in [3.8, 4) is 0 Å². The third-order valence-electron chi connectivity index (χ3n) is 9.75. The van der Waals surface area contributed by atoms with Gasteiger partial charge < -0.3 is 28.8 Å². The maximum absolute atomic E-state index is 13.9. The number of ketones is 1. The predicted octanol–water partition coefficient (Wildman–Crippen LogP) is 4.28. The molecule has 3 saturated heterocycles. The molecule has 0 aromatic heterocycles. The lowest BCUT2D eigenvalue weighted by molar-refractivity contribution is -0.335. The number of allylic oxidation sites excluding steroid dienone is 2. The summed E-state index contributed by atoms with van der Waals surface area (Å²) in [4.78, 5) is 38.3. The standard InChI is InChI=1S/C33H44O9/c1-6-27-19(2)12-13-32(42-27)16-25-15-24(41-32)11-10-21(4)29(39-18-34)20(3)8-7-9-23-17-38-30-28(35)22(5)14-26(31(36)40-25)33(23,30)37/h7-10,14,18-20,24-27,29-30,37H,6,11-13,15-17H2,1-5H3/b8-7+,21-10+,23-9+. The number of hydrogen-bond donors (Lipinski definition) is 1. The Morgan fingerprint density at radius 2 is 1.95 bits per heavy atom. The Morgan fingerprint density at radius 1 is 1.17 bits per heavy atom. The van der Waals surface area contributed by atoms with Crippen LogP contribution < -0.4 is 0 Å². The van der Waals surface area contributed by atoms with E-state index in [1.165, 1.54) is 6.08 Å². The molecule has 10 atom stereocenters. The lowest BCUT2D eigenvalue weighted by Gasteiger charge is -2.49. The number of aliphatic hydroxyl groups is 1. The zero-order valence-electron chi connectivity index (χ0n) is 25.2. The number of hydrogen-bond acceptors (Lipinski definition) is 9. The van der Waals surface area contributed by atoms with Crippen LogP contribution in [0, 0.1) is 17.8 Å². The second kappa shape index (κ2) is 12.2. The highest BCUT2D eigenvalue weighted by Gasteiger charge is 2.60. The van der Waals surface area contributed by atoms with E-state index in [0.29, 0.717) is 49.2 Å². The third kappa shape index (κ3) is 5.68. The largest absolute Gasteiger partial charge is 0.462 e. The van der Waals surface area contributed by atoms with Crippen LogP contribution in [-0.4, -0.2) is 71.8 Å². The molecule has 0 aromatic rings. The van der Waals surface area contributed by atoms with Crippen molar-refractivity contribution < 1.29 is 43.2 Å². The molecule has 5 aliphatic rings. The van der Waals surface area contributed by atoms with Crippen molar-refractivity contribution in [1.82, 2.24) is 0 Å². The van der Waals surface area contributed by atoms with Crippen LogP contribution in [0.5, 0.6) is 0 Å². The van der Waals surface area contributed by atoms with Crippen LogP contribution in [0.4, 0.5) is 0 Å². The van der Waals surface area contributed by atoms with E-state index in [4.69, 9.17) is 23.7 Å². The maximum atomic E-state index is 13.9. The summed E-state index contributed by atoms with van der Waals surface area (Å²) in [5, 5.41) is 12.0. The second-order valence-corrected chi connectivity index (χ2v) is 12.7. The fourth-order valence-electron chi connectivity index (χ4n) is 7.31. The van der Waals surface area contributed by atoms with Crippen LogP contribution in [0.15, 0.2) is 47.1 Å². The van der Waals surface area contributed by atoms with Crippen molar-refractivity contribution in [2.75, 3.05) is 6.61 Å². The summed E-state index contributed by atoms with van der Waals surface area (Å²) in [6, 6.07) is 0. The first-order valence-electron chi connectivity index (χ1n) is 15.3. The van der Waals surface area contributed by atoms with E-state index >= 15 is 0 Å². The number of rotatable bonds is 3. The topological polar surface area (TPSA) is 118 Å². The molecule has 0 aromatic carbocycles. The summed E-state index contributed by atoms with van der Waals surface area (Å²) in [6.45, 7) is 10.2. The quantitative estimate of drug-likeness (QED) is 0.295. The lowest BCUT2D eigenvalue weighted by Crippen LogP contribution is -2.57. The van der Waals surface area contributed by atoms with Crippen molar-refractivity contribution in [3.63, 3.8) is 0 Å². The summed E-state index contributed by atoms with van der Waals surface area (Å²) in [5.74, 6) is -2.76. The molecule has 42 heavy (non-hydrogen) atoms. The van der Waals surface area contributed by atoms with Crippen molar-refractivity contribution in [1.29, 1.82) is 0 Å². The lowest BCUT2D eigenvalue weighted by atomic mass is 9.71. The molecular formula is C33H44O9. The van der Waals surface area contributed by atoms with Crippen LogP contribution in [-0.2, 0) is 38.1 Å². The highest BCUT2D eigenvalue weighted by atomic mass is 16.7. The van der Waals surface area contributed by atoms with Gasteiger partial charge >= 0.3 is 5.97 Å². The second-order valence-electron chi connectivity index (χ2n) is 12.7. The van der Waals surface area contributed by atoms with E-state index < -0.39 is 41.6 Å². The van der Waals surface area contributed by atoms with Gasteiger partial charge in [-0.15, -0.1) is 0 Å². The number of carbonyl (C=O) groups is 3. The Morgan fingerprint density at radius 3 is 2.69 bits per heavy atom. The Kier molecular flexibility index (Phi) is 8.95. The van der Waals surface area contributed by atoms with Crippen LogP contribution in [0.2, 0.25) is 0 Å². The molecule has 9 heteroatoms. The Bertz CT molecular complexity index is 1200. The van der Waals surface area contributed by atoms with E-state index in [0.717, 1.165) is 18.4 Å². The number of carbonyl (C=O) groups excluding carboxylic acids is 3. The maximum Gasteiger partial charge on any atom is 0.316 e. The van der Waals surface area contributed by atoms with Crippen LogP contribution >= 0.6 is 0 Å². The van der Waals surface area contributed by atoms with Gasteiger partial charge in [-0.2, -0.15) is 0 Å². The Labute approximate surface area is 247 Å². The predicted molar refractivity (Wildman–Crippen MR) is 153 cm³/mol. The van der Waals surface area contributed by atoms with Crippen molar-refractivity contribution in [2.24, 2.45) is 17.8 Å². The van der Waals surface area contributed by atoms with Gasteiger partial charge in [-0.25, -0.2) is 0 Å². The Hall–Kier alpha value is -2.59. The molecule has 0 saturated carbocycles. The highest BCUT2D eigenvalue weighted by Crippen LogP contribution is 2.46. The fraction of sp³-hybridized carbons (Fsp3) is 0.667. The smallest absolute Gasteiger partial charge is 0.316 e. The van der Waals surface area contributed by atoms with E-state index in [1.807, 2.05) is 26.0 Å². The van der Waals surface area contributed by atoms with Gasteiger partial charge in [0.1, 0.15) is 23.7 Å². The molecule has 0 radical (unpaired) electrons. The normalized spacial score (nSPS) is 45.9. The summed E-state index contributed by atoms with van der Waals surface area (Å²) in [6.07, 6.45) is 10.1. The zero-order chi connectivity index (χ0) is 30.2. The van der Waals surface area contributed by atoms with Gasteiger partial charge in [-0.3, -0.25) is 14.4 Å². The average Bonchev–Trinajstić information content (AvgIpc) is 3.30. The van der Waals surface area contributed by atoms with Gasteiger partial charge in [-0.1, -0.05) is 51.2 Å². The highest BCUT2D eigenvalue weighted by molar-refractivity contribution is 6.03. The summed E-state index contributed by atoms with van der Waals surface area (Å²) >= 11 is 0. The summed E-state index contributed by atoms with van der Waals surface area (Å²) < 4.78 is 30.7. The van der Waals surface area contributed by atoms with Crippen LogP contribution in [0.25, 0.3) is 0 Å². The summed E-state index contributed by atoms with van der Waals surface area (Å²) in [7, 11) is 0. The van der Waals surface area contributed by atoms with Gasteiger partial charge in [0.15, 0.2) is 17.7 Å². The molecule has 1 spiro atoms. The average molecular weight is 585 g/mol. The van der Waals surface area contributed by atoms with Crippen molar-refractivity contribution in [2.45, 2.75) is 115 Å². The molecule has 4 heterocycles. The van der Waals surface area contributed by atoms with E-state index in [-0.39, 0.29) is 30.5 Å². The van der Waals surface area contributed by atoms with Crippen LogP contribution in [0.1, 0.15) is 73.1 Å². The molecule has 10 unspecified atom stereocenters. The first kappa shape index (κ1) is 30.9. The molecule has 230 valence electrons. The number of ether oxygens (including phenoxy) is 5. The van der Waals surface area contributed by atoms with Gasteiger partial charge in [0.25, 0.3) is 6.47 Å². The monoisotopic (exact) mass is 584 g/mol. The molecule has 0 amide bonds. The van der Waals surface area contributed by atoms with Gasteiger partial charge in [0.05, 0.1) is 18.8 Å². The first-order valence-corrected chi connectivity index (χ1v) is 15.3. The minimum atomic E-state index is -1.88. The first-order chi connectivity index (χ1) is 20.0. The zero-order valence-corrected chi connectivity index (χ0v) is 25.2. The number of esters is 1. The van der Waals surface area contributed by atoms with E-state index in [9.17, 15) is 19.5 Å². The Balaban J connectivity index is 1.56. The summed E-state index contributed by atoms with van der Waals surface area (Å²) in [5.41, 5.74) is -0.225. The SMILES string of the molecule is CCC1OC2(CCC1C)CC1CC(C/C=C(\C)C(OC=O)C(C)/C=C/C=C3\COC4C(=O)C(C)=CC(C(=O)O1)C34O)O2. The molecule has 1 aliphatic carbocycles. The molecule has 3 fully saturated rings. The molecule has 9 nitrogen and oxygen atoms in total. The fourth-order valence-corrected chi connectivity index (χ4v) is 7.31. The van der Waals surface area contributed by atoms with Crippen LogP contribution in [0.3, 0.4) is 0 Å². The third-order valence-corrected chi connectivity index (χ3v) is 9.75. The molecule has 1 N–H and O–H groups in total. The van der Waals surface area contributed by atoms with Crippen molar-refractivity contribution >= 4 is 18.2 Å². The number of Topliss-reactive ketones (excluding diaryl/α,β-unsaturated/α-hetero) is 1. The number of fused-ring (bicyclic) bond motifs is 2. The molecular weight excluding hydrogens is 540 g/mol. The minimum absolute atomic E-state index is 0.00336. The van der Waals surface area contributed by atoms with Gasteiger partial charge in [0.2, 0.25) is 0 Å². The van der Waals surface area contributed by atoms with E-state index in [1.54, 1.807) is 19.1 Å². The molecule has 2 bridgehead atoms. The van der Waals surface area contributed by atoms with E-state index in [2.05, 4.69) is 13.8 Å².